The fourth-order valence-corrected chi connectivity index (χ4v) is 3.32. The molecule has 2 fully saturated rings. The third kappa shape index (κ3) is 4.31. The molecule has 3 N–H and O–H groups in total. The predicted octanol–water partition coefficient (Wildman–Crippen LogP) is 0.891. The lowest BCUT2D eigenvalue weighted by Gasteiger charge is -2.44. The van der Waals surface area contributed by atoms with Crippen molar-refractivity contribution in [2.45, 2.75) is 43.4 Å². The SMILES string of the molecule is NC1(C(=O)O)CCCC(N2CCN(CC(F)(F)F)CC2)C1. The molecule has 2 rings (SSSR count). The van der Waals surface area contributed by atoms with Crippen LogP contribution < -0.4 is 5.73 Å². The number of nitrogens with zero attached hydrogens (tertiary/aromatic N) is 2. The molecule has 0 radical (unpaired) electrons. The summed E-state index contributed by atoms with van der Waals surface area (Å²) >= 11 is 0. The Bertz CT molecular complexity index is 383. The fourth-order valence-electron chi connectivity index (χ4n) is 3.32. The Morgan fingerprint density at radius 1 is 1.29 bits per heavy atom. The highest BCUT2D eigenvalue weighted by atomic mass is 19.4. The highest BCUT2D eigenvalue weighted by Gasteiger charge is 2.42. The number of halogens is 3. The number of aliphatic carboxylic acids is 1. The van der Waals surface area contributed by atoms with Crippen molar-refractivity contribution >= 4 is 5.97 Å². The van der Waals surface area contributed by atoms with Crippen LogP contribution in [0.2, 0.25) is 0 Å². The van der Waals surface area contributed by atoms with Gasteiger partial charge in [0.15, 0.2) is 0 Å². The Balaban J connectivity index is 1.86. The van der Waals surface area contributed by atoms with Gasteiger partial charge in [0.25, 0.3) is 0 Å². The van der Waals surface area contributed by atoms with Gasteiger partial charge in [-0.05, 0) is 25.7 Å². The zero-order valence-electron chi connectivity index (χ0n) is 11.9. The van der Waals surface area contributed by atoms with E-state index >= 15 is 0 Å². The molecule has 1 saturated carbocycles. The summed E-state index contributed by atoms with van der Waals surface area (Å²) in [5.74, 6) is -0.983. The van der Waals surface area contributed by atoms with Gasteiger partial charge in [0.1, 0.15) is 5.54 Å². The van der Waals surface area contributed by atoms with Crippen molar-refractivity contribution in [2.75, 3.05) is 32.7 Å². The van der Waals surface area contributed by atoms with Crippen LogP contribution in [-0.2, 0) is 4.79 Å². The maximum Gasteiger partial charge on any atom is 0.401 e. The van der Waals surface area contributed by atoms with Crippen LogP contribution in [0.3, 0.4) is 0 Å². The first kappa shape index (κ1) is 16.5. The van der Waals surface area contributed by atoms with Gasteiger partial charge in [0, 0.05) is 32.2 Å². The number of nitrogens with two attached hydrogens (primary N) is 1. The molecule has 0 aromatic heterocycles. The van der Waals surface area contributed by atoms with E-state index in [0.717, 1.165) is 12.8 Å². The van der Waals surface area contributed by atoms with Gasteiger partial charge in [0.2, 0.25) is 0 Å². The van der Waals surface area contributed by atoms with Gasteiger partial charge in [-0.15, -0.1) is 0 Å². The lowest BCUT2D eigenvalue weighted by molar-refractivity contribution is -0.151. The molecule has 2 unspecified atom stereocenters. The van der Waals surface area contributed by atoms with Crippen LogP contribution in [0.5, 0.6) is 0 Å². The Kier molecular flexibility index (Phi) is 4.79. The quantitative estimate of drug-likeness (QED) is 0.810. The van der Waals surface area contributed by atoms with E-state index in [-0.39, 0.29) is 6.04 Å². The average Bonchev–Trinajstić information content (AvgIpc) is 2.37. The monoisotopic (exact) mass is 309 g/mol. The summed E-state index contributed by atoms with van der Waals surface area (Å²) in [5, 5.41) is 9.21. The molecule has 5 nitrogen and oxygen atoms in total. The third-order valence-corrected chi connectivity index (χ3v) is 4.51. The highest BCUT2D eigenvalue weighted by molar-refractivity contribution is 5.78. The molecule has 0 aromatic carbocycles. The lowest BCUT2D eigenvalue weighted by atomic mass is 9.79. The van der Waals surface area contributed by atoms with E-state index in [1.807, 2.05) is 0 Å². The van der Waals surface area contributed by atoms with Crippen LogP contribution in [0.25, 0.3) is 0 Å². The first-order valence-electron chi connectivity index (χ1n) is 7.25. The topological polar surface area (TPSA) is 69.8 Å². The van der Waals surface area contributed by atoms with E-state index < -0.39 is 24.2 Å². The largest absolute Gasteiger partial charge is 0.480 e. The number of alkyl halides is 3. The molecule has 1 heterocycles. The van der Waals surface area contributed by atoms with E-state index in [1.165, 1.54) is 4.90 Å². The van der Waals surface area contributed by atoms with Crippen LogP contribution in [0.4, 0.5) is 13.2 Å². The maximum atomic E-state index is 12.3. The van der Waals surface area contributed by atoms with Crippen LogP contribution in [0.15, 0.2) is 0 Å². The Morgan fingerprint density at radius 3 is 2.43 bits per heavy atom. The smallest absolute Gasteiger partial charge is 0.401 e. The van der Waals surface area contributed by atoms with Crippen LogP contribution in [0.1, 0.15) is 25.7 Å². The summed E-state index contributed by atoms with van der Waals surface area (Å²) in [6, 6.07) is 0.0629. The summed E-state index contributed by atoms with van der Waals surface area (Å²) in [6.45, 7) is 0.926. The van der Waals surface area contributed by atoms with Crippen molar-refractivity contribution in [1.29, 1.82) is 0 Å². The van der Waals surface area contributed by atoms with Crippen molar-refractivity contribution in [1.82, 2.24) is 9.80 Å². The van der Waals surface area contributed by atoms with Crippen molar-refractivity contribution in [3.05, 3.63) is 0 Å². The standard InChI is InChI=1S/C13H22F3N3O2/c14-13(15,16)9-18-4-6-19(7-5-18)10-2-1-3-12(17,8-10)11(20)21/h10H,1-9,17H2,(H,20,21). The molecule has 1 aliphatic heterocycles. The van der Waals surface area contributed by atoms with Gasteiger partial charge in [-0.3, -0.25) is 14.6 Å². The Morgan fingerprint density at radius 2 is 1.90 bits per heavy atom. The molecule has 1 saturated heterocycles. The molecule has 8 heteroatoms. The van der Waals surface area contributed by atoms with E-state index in [9.17, 15) is 23.1 Å². The predicted molar refractivity (Wildman–Crippen MR) is 70.9 cm³/mol. The molecular formula is C13H22F3N3O2. The van der Waals surface area contributed by atoms with Gasteiger partial charge in [-0.2, -0.15) is 13.2 Å². The van der Waals surface area contributed by atoms with Gasteiger partial charge < -0.3 is 10.8 Å². The number of carboxylic acid groups (broad SMARTS) is 1. The van der Waals surface area contributed by atoms with Crippen molar-refractivity contribution in [3.8, 4) is 0 Å². The highest BCUT2D eigenvalue weighted by Crippen LogP contribution is 2.30. The van der Waals surface area contributed by atoms with E-state index in [0.29, 0.717) is 39.0 Å². The molecule has 1 aliphatic carbocycles. The molecule has 21 heavy (non-hydrogen) atoms. The van der Waals surface area contributed by atoms with E-state index in [4.69, 9.17) is 5.73 Å². The summed E-state index contributed by atoms with van der Waals surface area (Å²) in [5.41, 5.74) is 4.74. The zero-order chi connectivity index (χ0) is 15.7. The lowest BCUT2D eigenvalue weighted by Crippen LogP contribution is -2.58. The van der Waals surface area contributed by atoms with Gasteiger partial charge >= 0.3 is 12.1 Å². The van der Waals surface area contributed by atoms with Crippen LogP contribution in [0, 0.1) is 0 Å². The minimum atomic E-state index is -4.16. The second-order valence-electron chi connectivity index (χ2n) is 6.14. The molecular weight excluding hydrogens is 287 g/mol. The summed E-state index contributed by atoms with van der Waals surface area (Å²) in [6.07, 6.45) is -1.71. The van der Waals surface area contributed by atoms with Gasteiger partial charge in [0.05, 0.1) is 6.54 Å². The zero-order valence-corrected chi connectivity index (χ0v) is 11.9. The average molecular weight is 309 g/mol. The first-order valence-corrected chi connectivity index (χ1v) is 7.25. The summed E-state index contributed by atoms with van der Waals surface area (Å²) in [7, 11) is 0. The van der Waals surface area contributed by atoms with Crippen LogP contribution in [-0.4, -0.2) is 71.4 Å². The Labute approximate surface area is 121 Å². The molecule has 0 amide bonds. The maximum absolute atomic E-state index is 12.3. The summed E-state index contributed by atoms with van der Waals surface area (Å²) in [4.78, 5) is 14.7. The normalized spacial score (nSPS) is 33.0. The molecule has 122 valence electrons. The minimum absolute atomic E-state index is 0.0629. The molecule has 0 bridgehead atoms. The minimum Gasteiger partial charge on any atom is -0.480 e. The second kappa shape index (κ2) is 6.10. The fraction of sp³-hybridized carbons (Fsp3) is 0.923. The van der Waals surface area contributed by atoms with Crippen molar-refractivity contribution in [3.63, 3.8) is 0 Å². The molecule has 2 aliphatic rings. The number of carbonyl (C=O) groups is 1. The van der Waals surface area contributed by atoms with Crippen molar-refractivity contribution < 1.29 is 23.1 Å². The first-order chi connectivity index (χ1) is 9.70. The number of carboxylic acids is 1. The number of hydrogen-bond donors (Lipinski definition) is 2. The van der Waals surface area contributed by atoms with E-state index in [1.54, 1.807) is 0 Å². The van der Waals surface area contributed by atoms with Crippen LogP contribution >= 0.6 is 0 Å². The van der Waals surface area contributed by atoms with E-state index in [2.05, 4.69) is 4.90 Å². The summed E-state index contributed by atoms with van der Waals surface area (Å²) < 4.78 is 37.0. The second-order valence-corrected chi connectivity index (χ2v) is 6.14. The Hall–Kier alpha value is -0.860. The molecule has 0 spiro atoms. The number of piperazine rings is 1. The van der Waals surface area contributed by atoms with Gasteiger partial charge in [-0.1, -0.05) is 0 Å². The van der Waals surface area contributed by atoms with Crippen molar-refractivity contribution in [2.24, 2.45) is 5.73 Å². The molecule has 2 atom stereocenters. The number of hydrogen-bond acceptors (Lipinski definition) is 4. The van der Waals surface area contributed by atoms with Gasteiger partial charge in [-0.25, -0.2) is 0 Å². The molecule has 0 aromatic rings. The number of rotatable bonds is 3. The third-order valence-electron chi connectivity index (χ3n) is 4.51.